The van der Waals surface area contributed by atoms with Crippen molar-refractivity contribution in [2.24, 2.45) is 23.2 Å². The molecule has 2 aromatic rings. The van der Waals surface area contributed by atoms with Gasteiger partial charge in [-0.2, -0.15) is 0 Å². The number of benzene rings is 1. The zero-order valence-corrected chi connectivity index (χ0v) is 19.7. The number of aromatic nitrogens is 1. The summed E-state index contributed by atoms with van der Waals surface area (Å²) in [5.41, 5.74) is 1.66. The van der Waals surface area contributed by atoms with Crippen molar-refractivity contribution in [1.29, 1.82) is 0 Å². The lowest BCUT2D eigenvalue weighted by Gasteiger charge is -2.49. The van der Waals surface area contributed by atoms with Crippen molar-refractivity contribution in [2.75, 3.05) is 5.32 Å². The molecular weight excluding hydrogens is 438 g/mol. The molecule has 5 atom stereocenters. The standard InChI is InChI=1S/C25H28N3O4S/c1-14-13-26-24(33-14)27-22(30)9-6-15-12-21(29)25(2)11-10-17-16-4-3-5-20(28(31)32)18(16)7-8-19(17)23(15)25/h3-4,13,15,17,19,23H,6-12H2,1-2H3,(H,26,27,30)/t15-,17?,19?,23?,25-/m1/s1. The minimum absolute atomic E-state index is 0.0575. The van der Waals surface area contributed by atoms with Crippen LogP contribution in [0.3, 0.4) is 0 Å². The lowest BCUT2D eigenvalue weighted by Crippen LogP contribution is -2.44. The average Bonchev–Trinajstić information content (AvgIpc) is 3.31. The van der Waals surface area contributed by atoms with Crippen LogP contribution in [0.25, 0.3) is 0 Å². The van der Waals surface area contributed by atoms with Crippen LogP contribution in [0.4, 0.5) is 10.8 Å². The quantitative estimate of drug-likeness (QED) is 0.480. The Bertz CT molecular complexity index is 1130. The van der Waals surface area contributed by atoms with Gasteiger partial charge in [0.15, 0.2) is 5.13 Å². The van der Waals surface area contributed by atoms with Crippen molar-refractivity contribution in [3.63, 3.8) is 0 Å². The maximum absolute atomic E-state index is 13.1. The Kier molecular flexibility index (Phi) is 5.59. The highest BCUT2D eigenvalue weighted by atomic mass is 32.1. The predicted molar refractivity (Wildman–Crippen MR) is 125 cm³/mol. The van der Waals surface area contributed by atoms with Gasteiger partial charge in [0.05, 0.1) is 11.0 Å². The van der Waals surface area contributed by atoms with Gasteiger partial charge in [-0.3, -0.25) is 19.7 Å². The van der Waals surface area contributed by atoms with Gasteiger partial charge in [0, 0.05) is 34.9 Å². The van der Waals surface area contributed by atoms with Crippen molar-refractivity contribution in [3.8, 4) is 0 Å². The van der Waals surface area contributed by atoms with Gasteiger partial charge in [-0.05, 0) is 74.3 Å². The van der Waals surface area contributed by atoms with Crippen molar-refractivity contribution in [1.82, 2.24) is 4.98 Å². The molecule has 2 fully saturated rings. The zero-order chi connectivity index (χ0) is 23.3. The highest BCUT2D eigenvalue weighted by molar-refractivity contribution is 7.15. The molecule has 0 bridgehead atoms. The summed E-state index contributed by atoms with van der Waals surface area (Å²) in [6, 6.07) is 6.49. The van der Waals surface area contributed by atoms with E-state index in [0.29, 0.717) is 42.5 Å². The number of rotatable bonds is 5. The largest absolute Gasteiger partial charge is 0.302 e. The monoisotopic (exact) mass is 466 g/mol. The molecule has 1 radical (unpaired) electrons. The summed E-state index contributed by atoms with van der Waals surface area (Å²) in [7, 11) is 0. The van der Waals surface area contributed by atoms with E-state index in [2.05, 4.69) is 23.3 Å². The normalized spacial score (nSPS) is 30.3. The van der Waals surface area contributed by atoms with Gasteiger partial charge in [-0.25, -0.2) is 4.98 Å². The van der Waals surface area contributed by atoms with Crippen LogP contribution in [0.2, 0.25) is 0 Å². The Morgan fingerprint density at radius 1 is 1.42 bits per heavy atom. The van der Waals surface area contributed by atoms with Crippen LogP contribution in [0.1, 0.15) is 67.4 Å². The fraction of sp³-hybridized carbons (Fsp3) is 0.560. The molecule has 3 aliphatic rings. The highest BCUT2D eigenvalue weighted by Crippen LogP contribution is 2.62. The predicted octanol–water partition coefficient (Wildman–Crippen LogP) is 5.23. The van der Waals surface area contributed by atoms with E-state index in [9.17, 15) is 19.7 Å². The van der Waals surface area contributed by atoms with Crippen LogP contribution in [0.15, 0.2) is 18.3 Å². The van der Waals surface area contributed by atoms with Gasteiger partial charge in [0.2, 0.25) is 5.91 Å². The van der Waals surface area contributed by atoms with Crippen molar-refractivity contribution >= 4 is 33.8 Å². The first kappa shape index (κ1) is 22.2. The van der Waals surface area contributed by atoms with E-state index in [-0.39, 0.29) is 39.7 Å². The maximum Gasteiger partial charge on any atom is 0.280 e. The second kappa shape index (κ2) is 8.31. The van der Waals surface area contributed by atoms with E-state index >= 15 is 0 Å². The molecular formula is C25H28N3O4S. The Morgan fingerprint density at radius 2 is 2.24 bits per heavy atom. The molecule has 3 aliphatic carbocycles. The molecule has 1 amide bonds. The molecule has 8 heteroatoms. The Balaban J connectivity index is 1.36. The summed E-state index contributed by atoms with van der Waals surface area (Å²) in [5, 5.41) is 15.0. The molecule has 3 unspecified atom stereocenters. The van der Waals surface area contributed by atoms with E-state index in [1.807, 2.05) is 13.0 Å². The van der Waals surface area contributed by atoms with E-state index in [0.717, 1.165) is 35.3 Å². The van der Waals surface area contributed by atoms with Crippen molar-refractivity contribution < 1.29 is 14.5 Å². The number of anilines is 1. The number of amides is 1. The number of nitrogens with zero attached hydrogens (tertiary/aromatic N) is 2. The van der Waals surface area contributed by atoms with Crippen LogP contribution >= 0.6 is 11.3 Å². The third kappa shape index (κ3) is 3.78. The molecule has 1 N–H and O–H groups in total. The minimum atomic E-state index is -0.348. The van der Waals surface area contributed by atoms with Gasteiger partial charge < -0.3 is 5.32 Å². The second-order valence-electron chi connectivity index (χ2n) is 10.1. The third-order valence-corrected chi connectivity index (χ3v) is 9.15. The van der Waals surface area contributed by atoms with Crippen molar-refractivity contribution in [3.05, 3.63) is 50.5 Å². The number of nitrogens with one attached hydrogen (secondary N) is 1. The molecule has 1 aromatic heterocycles. The lowest BCUT2D eigenvalue weighted by molar-refractivity contribution is -0.386. The summed E-state index contributed by atoms with van der Waals surface area (Å²) in [4.78, 5) is 42.1. The zero-order valence-electron chi connectivity index (χ0n) is 18.9. The number of nitro groups is 1. The Hall–Kier alpha value is -2.61. The molecule has 2 saturated carbocycles. The van der Waals surface area contributed by atoms with Gasteiger partial charge in [-0.1, -0.05) is 13.0 Å². The molecule has 5 rings (SSSR count). The van der Waals surface area contributed by atoms with E-state index in [1.165, 1.54) is 11.3 Å². The van der Waals surface area contributed by atoms with Crippen LogP contribution < -0.4 is 5.32 Å². The molecule has 33 heavy (non-hydrogen) atoms. The molecule has 1 aromatic carbocycles. The van der Waals surface area contributed by atoms with Crippen LogP contribution in [-0.4, -0.2) is 21.6 Å². The molecule has 0 saturated heterocycles. The van der Waals surface area contributed by atoms with Crippen molar-refractivity contribution in [2.45, 2.75) is 64.7 Å². The topological polar surface area (TPSA) is 102 Å². The average molecular weight is 467 g/mol. The van der Waals surface area contributed by atoms with Crippen LogP contribution in [0.5, 0.6) is 0 Å². The first-order chi connectivity index (χ1) is 15.8. The maximum atomic E-state index is 13.1. The molecule has 0 spiro atoms. The summed E-state index contributed by atoms with van der Waals surface area (Å²) in [6.07, 6.45) is 6.53. The lowest BCUT2D eigenvalue weighted by atomic mass is 9.54. The molecule has 0 aliphatic heterocycles. The third-order valence-electron chi connectivity index (χ3n) is 8.32. The SMILES string of the molecule is Cc1cnc(NC(=O)CC[C@@H]2CC(=O)[C@@]3(C)CCC4c5cc[c]c([N+](=O)[O-])c5CCC4C23)s1. The number of carbonyl (C=O) groups excluding carboxylic acids is 2. The van der Waals surface area contributed by atoms with Crippen LogP contribution in [-0.2, 0) is 16.0 Å². The van der Waals surface area contributed by atoms with Gasteiger partial charge >= 0.3 is 0 Å². The minimum Gasteiger partial charge on any atom is -0.302 e. The summed E-state index contributed by atoms with van der Waals surface area (Å²) >= 11 is 1.46. The fourth-order valence-corrected chi connectivity index (χ4v) is 7.61. The number of hydrogen-bond donors (Lipinski definition) is 1. The number of carbonyl (C=O) groups is 2. The van der Waals surface area contributed by atoms with Gasteiger partial charge in [0.1, 0.15) is 5.78 Å². The van der Waals surface area contributed by atoms with Gasteiger partial charge in [0.25, 0.3) is 5.69 Å². The first-order valence-electron chi connectivity index (χ1n) is 11.7. The summed E-state index contributed by atoms with van der Waals surface area (Å²) in [6.45, 7) is 4.07. The molecule has 173 valence electrons. The number of ketones is 1. The summed E-state index contributed by atoms with van der Waals surface area (Å²) in [5.74, 6) is 1.21. The number of hydrogen-bond acceptors (Lipinski definition) is 6. The molecule has 1 heterocycles. The summed E-state index contributed by atoms with van der Waals surface area (Å²) < 4.78 is 0. The van der Waals surface area contributed by atoms with Gasteiger partial charge in [-0.15, -0.1) is 11.3 Å². The number of nitro benzene ring substituents is 1. The number of fused-ring (bicyclic) bond motifs is 5. The first-order valence-corrected chi connectivity index (χ1v) is 12.5. The molecule has 7 nitrogen and oxygen atoms in total. The van der Waals surface area contributed by atoms with E-state index < -0.39 is 0 Å². The van der Waals surface area contributed by atoms with Crippen LogP contribution in [0, 0.1) is 46.3 Å². The second-order valence-corrected chi connectivity index (χ2v) is 11.3. The number of Topliss-reactive ketones (excluding diaryl/α,β-unsaturated/α-hetero) is 1. The van der Waals surface area contributed by atoms with E-state index in [1.54, 1.807) is 12.3 Å². The number of aryl methyl sites for hydroxylation is 1. The highest BCUT2D eigenvalue weighted by Gasteiger charge is 2.58. The smallest absolute Gasteiger partial charge is 0.280 e. The Morgan fingerprint density at radius 3 is 2.97 bits per heavy atom. The van der Waals surface area contributed by atoms with E-state index in [4.69, 9.17) is 0 Å². The Labute approximate surface area is 197 Å². The number of thiazole rings is 1. The fourth-order valence-electron chi connectivity index (χ4n) is 6.93.